The molecule has 5 nitrogen and oxygen atoms in total. The van der Waals surface area contributed by atoms with Crippen molar-refractivity contribution in [3.05, 3.63) is 198 Å². The molecule has 0 N–H and O–H groups in total. The number of nitrogens with zero attached hydrogens (tertiary/aromatic N) is 4. The first-order chi connectivity index (χ1) is 41.4. The second kappa shape index (κ2) is 20.7. The van der Waals surface area contributed by atoms with Gasteiger partial charge in [0.15, 0.2) is 0 Å². The number of aryl methyl sites for hydroxylation is 1. The van der Waals surface area contributed by atoms with Crippen molar-refractivity contribution >= 4 is 57.3 Å². The van der Waals surface area contributed by atoms with Crippen LogP contribution in [0, 0.1) is 19.0 Å². The second-order valence-corrected chi connectivity index (χ2v) is 24.9. The van der Waals surface area contributed by atoms with Gasteiger partial charge < -0.3 is 13.6 Å². The molecule has 0 saturated heterocycles. The zero-order chi connectivity index (χ0) is 64.9. The summed E-state index contributed by atoms with van der Waals surface area (Å²) in [6, 6.07) is 54.5. The average Bonchev–Trinajstić information content (AvgIpc) is 1.07. The van der Waals surface area contributed by atoms with Crippen molar-refractivity contribution in [1.82, 2.24) is 19.1 Å². The minimum atomic E-state index is -3.59. The van der Waals surface area contributed by atoms with E-state index in [-0.39, 0.29) is 48.1 Å². The van der Waals surface area contributed by atoms with Crippen LogP contribution in [0.1, 0.15) is 130 Å². The Morgan fingerprint density at radius 1 is 0.575 bits per heavy atom. The maximum atomic E-state index is 9.18. The van der Waals surface area contributed by atoms with E-state index in [1.165, 1.54) is 50.7 Å². The maximum absolute atomic E-state index is 9.18. The summed E-state index contributed by atoms with van der Waals surface area (Å²) in [5.41, 5.74) is 9.10. The Labute approximate surface area is 470 Å². The molecule has 3 heterocycles. The van der Waals surface area contributed by atoms with Gasteiger partial charge in [0.1, 0.15) is 5.58 Å². The van der Waals surface area contributed by atoms with Crippen LogP contribution in [0.4, 0.5) is 0 Å². The third kappa shape index (κ3) is 9.72. The van der Waals surface area contributed by atoms with E-state index in [2.05, 4.69) is 129 Å². The minimum Gasteiger partial charge on any atom is -0.501 e. The van der Waals surface area contributed by atoms with Crippen molar-refractivity contribution in [3.8, 4) is 45.3 Å². The topological polar surface area (TPSA) is 48.8 Å². The summed E-state index contributed by atoms with van der Waals surface area (Å²) < 4.78 is 151. The summed E-state index contributed by atoms with van der Waals surface area (Å²) in [5.74, 6) is -5.62. The van der Waals surface area contributed by atoms with Crippen LogP contribution < -0.4 is 5.19 Å². The van der Waals surface area contributed by atoms with Gasteiger partial charge in [-0.15, -0.1) is 53.6 Å². The molecule has 1 radical (unpaired) electrons. The quantitative estimate of drug-likeness (QED) is 0.101. The van der Waals surface area contributed by atoms with Crippen LogP contribution >= 0.6 is 0 Å². The largest absolute Gasteiger partial charge is 0.501 e. The van der Waals surface area contributed by atoms with Crippen molar-refractivity contribution in [2.75, 3.05) is 0 Å². The minimum absolute atomic E-state index is 0. The third-order valence-corrected chi connectivity index (χ3v) is 15.3. The molecule has 0 atom stereocenters. The Bertz CT molecular complexity index is 4340. The van der Waals surface area contributed by atoms with Gasteiger partial charge in [-0.1, -0.05) is 183 Å². The summed E-state index contributed by atoms with van der Waals surface area (Å²) in [6.45, 7) is -1.65. The average molecular weight is 1170 g/mol. The number of para-hydroxylation sites is 4. The predicted octanol–water partition coefficient (Wildman–Crippen LogP) is 17.9. The third-order valence-electron chi connectivity index (χ3n) is 13.2. The molecule has 3 aromatic heterocycles. The van der Waals surface area contributed by atoms with Gasteiger partial charge in [-0.3, -0.25) is 9.97 Å². The van der Waals surface area contributed by atoms with Crippen LogP contribution in [0.3, 0.4) is 0 Å². The van der Waals surface area contributed by atoms with Gasteiger partial charge in [0, 0.05) is 60.2 Å². The number of fused-ring (bicyclic) bond motifs is 5. The van der Waals surface area contributed by atoms with Crippen LogP contribution in [0.15, 0.2) is 162 Å². The molecule has 8 aromatic carbocycles. The SMILES string of the molecule is CC(C)c1cc(-c2ccccc2)cc(C(C)C)c1-n1c(-c2[c-]ccc3c2oc2ccccc23)nc2ccccc21.[2H]C([2H])([2H])c1c[c-]c(-c2nc3ccc([Si](C)(C)C)cc3n2-c2c(C([2H])(C([2H])([2H])[2H])C([2H])([2H])[2H])cccc2C([2H])(C([2H])([2H])[2H])C([2H])([2H])[2H])cc1.[Ir]. The van der Waals surface area contributed by atoms with Crippen LogP contribution in [0.25, 0.3) is 89.3 Å². The molecule has 0 aliphatic carbocycles. The predicted molar refractivity (Wildman–Crippen MR) is 307 cm³/mol. The fraction of sp³-hybridized carbons (Fsp3) is 0.242. The van der Waals surface area contributed by atoms with E-state index in [1.807, 2.05) is 43.9 Å². The molecule has 0 amide bonds. The summed E-state index contributed by atoms with van der Waals surface area (Å²) >= 11 is 0. The van der Waals surface area contributed by atoms with E-state index in [4.69, 9.17) is 34.9 Å². The molecule has 11 rings (SSSR count). The molecule has 371 valence electrons. The second-order valence-electron chi connectivity index (χ2n) is 19.8. The Hall–Kier alpha value is -6.63. The van der Waals surface area contributed by atoms with Gasteiger partial charge in [-0.25, -0.2) is 0 Å². The fourth-order valence-corrected chi connectivity index (χ4v) is 10.7. The van der Waals surface area contributed by atoms with Crippen LogP contribution in [0.5, 0.6) is 0 Å². The van der Waals surface area contributed by atoms with Crippen molar-refractivity contribution in [3.63, 3.8) is 0 Å². The zero-order valence-electron chi connectivity index (χ0n) is 58.7. The Morgan fingerprint density at radius 2 is 1.21 bits per heavy atom. The van der Waals surface area contributed by atoms with E-state index in [1.54, 1.807) is 12.1 Å². The van der Waals surface area contributed by atoms with Gasteiger partial charge in [0.2, 0.25) is 0 Å². The number of hydrogen-bond donors (Lipinski definition) is 0. The first-order valence-electron chi connectivity index (χ1n) is 32.6. The number of aromatic nitrogens is 4. The normalized spacial score (nSPS) is 16.5. The van der Waals surface area contributed by atoms with E-state index >= 15 is 0 Å². The molecule has 0 spiro atoms. The van der Waals surface area contributed by atoms with Gasteiger partial charge in [-0.2, -0.15) is 0 Å². The molecule has 7 heteroatoms. The number of furan rings is 1. The van der Waals surface area contributed by atoms with Crippen LogP contribution in [-0.2, 0) is 20.1 Å². The number of rotatable bonds is 10. The Balaban J connectivity index is 0.000000214. The van der Waals surface area contributed by atoms with Gasteiger partial charge in [0.05, 0.1) is 47.4 Å². The number of benzene rings is 8. The van der Waals surface area contributed by atoms with Gasteiger partial charge in [-0.05, 0) is 99.5 Å². The monoisotopic (exact) mass is 1170 g/mol. The molecule has 0 aliphatic heterocycles. The molecular formula is C66H66IrN4OSi-2. The fourth-order valence-electron chi connectivity index (χ4n) is 9.59. The molecule has 0 saturated carbocycles. The summed E-state index contributed by atoms with van der Waals surface area (Å²) in [4.78, 5) is 9.92. The molecule has 0 bridgehead atoms. The molecule has 0 aliphatic rings. The van der Waals surface area contributed by atoms with Gasteiger partial charge in [0.25, 0.3) is 0 Å². The molecule has 11 aromatic rings. The summed E-state index contributed by atoms with van der Waals surface area (Å²) in [6.07, 6.45) is 0. The van der Waals surface area contributed by atoms with Gasteiger partial charge >= 0.3 is 0 Å². The van der Waals surface area contributed by atoms with E-state index in [9.17, 15) is 2.74 Å². The maximum Gasteiger partial charge on any atom is 0.120 e. The summed E-state index contributed by atoms with van der Waals surface area (Å²) in [5, 5.41) is 3.02. The van der Waals surface area contributed by atoms with Crippen LogP contribution in [-0.4, -0.2) is 27.2 Å². The molecular weight excluding hydrogens is 1090 g/mol. The number of imidazole rings is 2. The van der Waals surface area contributed by atoms with E-state index in [0.29, 0.717) is 11.8 Å². The number of hydrogen-bond acceptors (Lipinski definition) is 3. The zero-order valence-corrected chi connectivity index (χ0v) is 45.1. The first kappa shape index (κ1) is 34.0. The van der Waals surface area contributed by atoms with Crippen molar-refractivity contribution < 1.29 is 47.8 Å². The Kier molecular flexibility index (Phi) is 9.63. The van der Waals surface area contributed by atoms with E-state index in [0.717, 1.165) is 67.7 Å². The Morgan fingerprint density at radius 3 is 1.86 bits per heavy atom. The van der Waals surface area contributed by atoms with Crippen LogP contribution in [0.2, 0.25) is 19.6 Å². The molecule has 0 unspecified atom stereocenters. The standard InChI is InChI=1S/C37H31N2O.C29H35N2Si.Ir/c1-23(2)30-21-26(25-13-6-5-7-14-25)22-31(24(3)4)35(30)39-33-19-10-9-18-32(33)38-37(39)29-17-12-16-28-27-15-8-11-20-34(27)40-36(28)29;1-19(2)24-10-9-11-25(20(3)4)28(24)31-27-18-23(32(6,7)8)16-17-26(27)30-29(31)22-14-12-21(5)13-15-22;/h5-16,18-24H,1-4H3;9-14,16-20H,1-8H3;/q2*-1;/i;1D3,2D3,3D3,4D3,5D3,19D,20D;. The van der Waals surface area contributed by atoms with Crippen molar-refractivity contribution in [1.29, 1.82) is 0 Å². The van der Waals surface area contributed by atoms with Crippen molar-refractivity contribution in [2.24, 2.45) is 0 Å². The van der Waals surface area contributed by atoms with E-state index < -0.39 is 70.9 Å². The van der Waals surface area contributed by atoms with Crippen molar-refractivity contribution in [2.45, 2.75) is 105 Å². The first-order valence-corrected chi connectivity index (χ1v) is 27.6. The smallest absolute Gasteiger partial charge is 0.120 e. The molecule has 73 heavy (non-hydrogen) atoms. The summed E-state index contributed by atoms with van der Waals surface area (Å²) in [7, 11) is -2.14. The molecule has 0 fully saturated rings.